The SMILES string of the molecule is CSCC[C@H](N)C(=O)N[C@@H](CCCNC(=N)N)C(=O)N[C@@H](Cc1ccccc1)C(N)=O. The van der Waals surface area contributed by atoms with Crippen molar-refractivity contribution < 1.29 is 14.4 Å². The van der Waals surface area contributed by atoms with Gasteiger partial charge in [-0.2, -0.15) is 11.8 Å². The van der Waals surface area contributed by atoms with E-state index in [0.717, 1.165) is 11.3 Å². The average molecular weight is 452 g/mol. The number of nitrogens with one attached hydrogen (secondary N) is 4. The zero-order valence-electron chi connectivity index (χ0n) is 17.7. The first kappa shape index (κ1) is 26.2. The molecule has 0 radical (unpaired) electrons. The molecule has 10 nitrogen and oxygen atoms in total. The van der Waals surface area contributed by atoms with Gasteiger partial charge in [-0.1, -0.05) is 30.3 Å². The van der Waals surface area contributed by atoms with Crippen LogP contribution in [0.2, 0.25) is 0 Å². The lowest BCUT2D eigenvalue weighted by Gasteiger charge is -2.23. The largest absolute Gasteiger partial charge is 0.370 e. The fourth-order valence-electron chi connectivity index (χ4n) is 2.80. The molecule has 0 bridgehead atoms. The Kier molecular flexibility index (Phi) is 12.1. The summed E-state index contributed by atoms with van der Waals surface area (Å²) in [7, 11) is 0. The van der Waals surface area contributed by atoms with Crippen molar-refractivity contribution >= 4 is 35.4 Å². The molecule has 0 saturated heterocycles. The van der Waals surface area contributed by atoms with Crippen LogP contribution in [0.5, 0.6) is 0 Å². The Labute approximate surface area is 187 Å². The molecule has 0 aliphatic rings. The Morgan fingerprint density at radius 2 is 1.68 bits per heavy atom. The molecule has 0 aromatic heterocycles. The van der Waals surface area contributed by atoms with Gasteiger partial charge >= 0.3 is 0 Å². The Bertz CT molecular complexity index is 733. The fraction of sp³-hybridized carbons (Fsp3) is 0.500. The van der Waals surface area contributed by atoms with Crippen molar-refractivity contribution in [1.82, 2.24) is 16.0 Å². The molecule has 10 N–H and O–H groups in total. The summed E-state index contributed by atoms with van der Waals surface area (Å²) in [4.78, 5) is 37.2. The molecule has 11 heteroatoms. The number of benzene rings is 1. The van der Waals surface area contributed by atoms with E-state index in [9.17, 15) is 14.4 Å². The van der Waals surface area contributed by atoms with Crippen LogP contribution in [0.15, 0.2) is 30.3 Å². The molecular formula is C20H33N7O3S. The Balaban J connectivity index is 2.81. The first-order valence-corrected chi connectivity index (χ1v) is 11.4. The summed E-state index contributed by atoms with van der Waals surface area (Å²) in [6, 6.07) is 6.61. The van der Waals surface area contributed by atoms with Crippen LogP contribution in [-0.4, -0.2) is 60.4 Å². The van der Waals surface area contributed by atoms with Gasteiger partial charge in [0.15, 0.2) is 5.96 Å². The van der Waals surface area contributed by atoms with E-state index in [1.165, 1.54) is 0 Å². The standard InChI is InChI=1S/C20H33N7O3S/c1-31-11-9-14(21)18(29)26-15(8-5-10-25-20(23)24)19(30)27-16(17(22)28)12-13-6-3-2-4-7-13/h2-4,6-7,14-16H,5,8-12,21H2,1H3,(H2,22,28)(H,26,29)(H,27,30)(H4,23,24,25)/t14-,15-,16-/m0/s1. The maximum atomic E-state index is 12.9. The third-order valence-electron chi connectivity index (χ3n) is 4.53. The Morgan fingerprint density at radius 3 is 2.26 bits per heavy atom. The molecule has 0 fully saturated rings. The number of hydrogen-bond donors (Lipinski definition) is 7. The summed E-state index contributed by atoms with van der Waals surface area (Å²) in [5.41, 5.74) is 17.5. The van der Waals surface area contributed by atoms with E-state index in [1.807, 2.05) is 36.6 Å². The van der Waals surface area contributed by atoms with Crippen LogP contribution >= 0.6 is 11.8 Å². The zero-order chi connectivity index (χ0) is 23.2. The number of guanidine groups is 1. The highest BCUT2D eigenvalue weighted by atomic mass is 32.2. The predicted molar refractivity (Wildman–Crippen MR) is 123 cm³/mol. The van der Waals surface area contributed by atoms with E-state index in [-0.39, 0.29) is 18.8 Å². The minimum Gasteiger partial charge on any atom is -0.370 e. The number of carbonyl (C=O) groups is 3. The molecule has 172 valence electrons. The van der Waals surface area contributed by atoms with Gasteiger partial charge in [0, 0.05) is 13.0 Å². The summed E-state index contributed by atoms with van der Waals surface area (Å²) in [5, 5.41) is 15.2. The highest BCUT2D eigenvalue weighted by Crippen LogP contribution is 2.06. The maximum Gasteiger partial charge on any atom is 0.243 e. The molecule has 0 aliphatic heterocycles. The molecule has 0 unspecified atom stereocenters. The van der Waals surface area contributed by atoms with Gasteiger partial charge in [-0.3, -0.25) is 19.8 Å². The number of carbonyl (C=O) groups excluding carboxylic acids is 3. The number of primary amides is 1. The highest BCUT2D eigenvalue weighted by Gasteiger charge is 2.27. The van der Waals surface area contributed by atoms with Crippen molar-refractivity contribution in [2.24, 2.45) is 17.2 Å². The molecule has 1 rings (SSSR count). The van der Waals surface area contributed by atoms with Crippen LogP contribution in [0.25, 0.3) is 0 Å². The number of rotatable bonds is 14. The second-order valence-corrected chi connectivity index (χ2v) is 8.07. The lowest BCUT2D eigenvalue weighted by atomic mass is 10.0. The van der Waals surface area contributed by atoms with Gasteiger partial charge in [0.25, 0.3) is 0 Å². The summed E-state index contributed by atoms with van der Waals surface area (Å²) in [6.45, 7) is 0.358. The zero-order valence-corrected chi connectivity index (χ0v) is 18.5. The van der Waals surface area contributed by atoms with Gasteiger partial charge in [0.2, 0.25) is 17.7 Å². The molecule has 0 aliphatic carbocycles. The lowest BCUT2D eigenvalue weighted by molar-refractivity contribution is -0.131. The summed E-state index contributed by atoms with van der Waals surface area (Å²) in [5.74, 6) is -1.09. The van der Waals surface area contributed by atoms with Gasteiger partial charge in [0.05, 0.1) is 6.04 Å². The van der Waals surface area contributed by atoms with Gasteiger partial charge in [-0.05, 0) is 36.8 Å². The second-order valence-electron chi connectivity index (χ2n) is 7.09. The van der Waals surface area contributed by atoms with Gasteiger partial charge in [-0.15, -0.1) is 0 Å². The van der Waals surface area contributed by atoms with E-state index in [1.54, 1.807) is 11.8 Å². The fourth-order valence-corrected chi connectivity index (χ4v) is 3.29. The average Bonchev–Trinajstić information content (AvgIpc) is 2.73. The van der Waals surface area contributed by atoms with E-state index in [4.69, 9.17) is 22.6 Å². The Hall–Kier alpha value is -2.79. The third kappa shape index (κ3) is 10.7. The molecule has 3 atom stereocenters. The van der Waals surface area contributed by atoms with Gasteiger partial charge in [0.1, 0.15) is 12.1 Å². The van der Waals surface area contributed by atoms with E-state index >= 15 is 0 Å². The minimum atomic E-state index is -0.921. The molecule has 0 heterocycles. The van der Waals surface area contributed by atoms with Crippen molar-refractivity contribution in [3.63, 3.8) is 0 Å². The molecule has 0 spiro atoms. The number of hydrogen-bond acceptors (Lipinski definition) is 6. The molecule has 0 saturated carbocycles. The smallest absolute Gasteiger partial charge is 0.243 e. The van der Waals surface area contributed by atoms with Crippen LogP contribution in [0.1, 0.15) is 24.8 Å². The molecule has 3 amide bonds. The van der Waals surface area contributed by atoms with Crippen LogP contribution < -0.4 is 33.2 Å². The minimum absolute atomic E-state index is 0.180. The van der Waals surface area contributed by atoms with Crippen molar-refractivity contribution in [3.8, 4) is 0 Å². The first-order chi connectivity index (χ1) is 14.7. The summed E-state index contributed by atoms with van der Waals surface area (Å²) < 4.78 is 0. The van der Waals surface area contributed by atoms with E-state index < -0.39 is 35.8 Å². The van der Waals surface area contributed by atoms with Crippen LogP contribution in [0, 0.1) is 5.41 Å². The predicted octanol–water partition coefficient (Wildman–Crippen LogP) is -0.972. The van der Waals surface area contributed by atoms with Gasteiger partial charge < -0.3 is 33.2 Å². The van der Waals surface area contributed by atoms with Crippen LogP contribution in [-0.2, 0) is 20.8 Å². The number of amides is 3. The van der Waals surface area contributed by atoms with Crippen LogP contribution in [0.3, 0.4) is 0 Å². The second kappa shape index (κ2) is 14.3. The normalized spacial score (nSPS) is 13.5. The van der Waals surface area contributed by atoms with Crippen molar-refractivity contribution in [1.29, 1.82) is 5.41 Å². The van der Waals surface area contributed by atoms with Crippen LogP contribution in [0.4, 0.5) is 0 Å². The summed E-state index contributed by atoms with van der Waals surface area (Å²) in [6.07, 6.45) is 3.36. The molecule has 31 heavy (non-hydrogen) atoms. The third-order valence-corrected chi connectivity index (χ3v) is 5.17. The quantitative estimate of drug-likeness (QED) is 0.107. The Morgan fingerprint density at radius 1 is 1.03 bits per heavy atom. The number of nitrogens with two attached hydrogens (primary N) is 3. The molecule has 1 aromatic carbocycles. The number of thioether (sulfide) groups is 1. The van der Waals surface area contributed by atoms with E-state index in [0.29, 0.717) is 19.4 Å². The van der Waals surface area contributed by atoms with Crippen molar-refractivity contribution in [2.45, 2.75) is 43.8 Å². The topological polar surface area (TPSA) is 189 Å². The summed E-state index contributed by atoms with van der Waals surface area (Å²) >= 11 is 1.57. The van der Waals surface area contributed by atoms with Crippen molar-refractivity contribution in [3.05, 3.63) is 35.9 Å². The van der Waals surface area contributed by atoms with E-state index in [2.05, 4.69) is 16.0 Å². The maximum absolute atomic E-state index is 12.9. The van der Waals surface area contributed by atoms with Crippen molar-refractivity contribution in [2.75, 3.05) is 18.6 Å². The molecular weight excluding hydrogens is 418 g/mol. The lowest BCUT2D eigenvalue weighted by Crippen LogP contribution is -2.55. The monoisotopic (exact) mass is 451 g/mol. The molecule has 1 aromatic rings. The van der Waals surface area contributed by atoms with Gasteiger partial charge in [-0.25, -0.2) is 0 Å². The highest BCUT2D eigenvalue weighted by molar-refractivity contribution is 7.98. The first-order valence-electron chi connectivity index (χ1n) is 10.0.